The Morgan fingerprint density at radius 2 is 2.00 bits per heavy atom. The zero-order chi connectivity index (χ0) is 12.3. The number of carbonyl (C=O) groups is 1. The third-order valence-electron chi connectivity index (χ3n) is 2.25. The van der Waals surface area contributed by atoms with Gasteiger partial charge in [-0.3, -0.25) is 4.79 Å². The van der Waals surface area contributed by atoms with Crippen molar-refractivity contribution in [1.82, 2.24) is 4.90 Å². The van der Waals surface area contributed by atoms with Gasteiger partial charge in [0.1, 0.15) is 0 Å². The molecule has 1 rings (SSSR count). The van der Waals surface area contributed by atoms with Gasteiger partial charge in [-0.2, -0.15) is 0 Å². The van der Waals surface area contributed by atoms with Crippen molar-refractivity contribution < 1.29 is 15.0 Å². The van der Waals surface area contributed by atoms with Crippen molar-refractivity contribution in [3.8, 4) is 11.5 Å². The molecule has 88 valence electrons. The molecule has 0 saturated carbocycles. The molecule has 16 heavy (non-hydrogen) atoms. The van der Waals surface area contributed by atoms with E-state index in [1.807, 2.05) is 0 Å². The van der Waals surface area contributed by atoms with Crippen LogP contribution in [0.5, 0.6) is 11.5 Å². The largest absolute Gasteiger partial charge is 0.504 e. The van der Waals surface area contributed by atoms with E-state index in [2.05, 4.69) is 0 Å². The Bertz CT molecular complexity index is 391. The van der Waals surface area contributed by atoms with Crippen molar-refractivity contribution in [2.24, 2.45) is 5.73 Å². The van der Waals surface area contributed by atoms with Gasteiger partial charge in [-0.25, -0.2) is 0 Å². The van der Waals surface area contributed by atoms with Crippen molar-refractivity contribution in [1.29, 1.82) is 0 Å². The Labute approximate surface area is 94.1 Å². The van der Waals surface area contributed by atoms with E-state index in [9.17, 15) is 9.90 Å². The summed E-state index contributed by atoms with van der Waals surface area (Å²) < 4.78 is 0. The first-order valence-electron chi connectivity index (χ1n) is 4.89. The molecule has 0 aliphatic heterocycles. The number of hydrogen-bond donors (Lipinski definition) is 3. The smallest absolute Gasteiger partial charge is 0.239 e. The highest BCUT2D eigenvalue weighted by atomic mass is 16.3. The number of benzene rings is 1. The van der Waals surface area contributed by atoms with E-state index in [0.29, 0.717) is 12.0 Å². The summed E-state index contributed by atoms with van der Waals surface area (Å²) in [5, 5.41) is 18.4. The molecule has 0 saturated heterocycles. The van der Waals surface area contributed by atoms with E-state index in [0.717, 1.165) is 0 Å². The van der Waals surface area contributed by atoms with Crippen molar-refractivity contribution >= 4 is 5.91 Å². The number of aromatic hydroxyl groups is 2. The highest BCUT2D eigenvalue weighted by Crippen LogP contribution is 2.25. The summed E-state index contributed by atoms with van der Waals surface area (Å²) in [5.74, 6) is -0.564. The highest BCUT2D eigenvalue weighted by Gasteiger charge is 2.16. The van der Waals surface area contributed by atoms with Crippen LogP contribution in [0.3, 0.4) is 0 Å². The molecule has 0 heterocycles. The number of nitrogens with two attached hydrogens (primary N) is 1. The predicted octanol–water partition coefficient (Wildman–Crippen LogP) is 0.0558. The maximum atomic E-state index is 11.5. The monoisotopic (exact) mass is 224 g/mol. The molecule has 0 spiro atoms. The minimum Gasteiger partial charge on any atom is -0.504 e. The van der Waals surface area contributed by atoms with Gasteiger partial charge in [-0.05, 0) is 24.1 Å². The minimum atomic E-state index is -0.640. The summed E-state index contributed by atoms with van der Waals surface area (Å²) in [6.07, 6.45) is 0.324. The number of likely N-dealkylation sites (N-methyl/N-ethyl adjacent to an activating group) is 1. The van der Waals surface area contributed by atoms with Crippen LogP contribution in [0.4, 0.5) is 0 Å². The van der Waals surface area contributed by atoms with Crippen LogP contribution in [0.2, 0.25) is 0 Å². The first-order chi connectivity index (χ1) is 7.41. The SMILES string of the molecule is CN(C)C(=O)[C@H](N)Cc1ccc(O)c(O)c1. The van der Waals surface area contributed by atoms with Crippen molar-refractivity contribution in [3.05, 3.63) is 23.8 Å². The van der Waals surface area contributed by atoms with Crippen LogP contribution in [-0.4, -0.2) is 41.2 Å². The molecular weight excluding hydrogens is 208 g/mol. The Kier molecular flexibility index (Phi) is 3.73. The van der Waals surface area contributed by atoms with E-state index in [1.54, 1.807) is 20.2 Å². The summed E-state index contributed by atoms with van der Waals surface area (Å²) in [4.78, 5) is 12.9. The minimum absolute atomic E-state index is 0.174. The lowest BCUT2D eigenvalue weighted by Gasteiger charge is -2.16. The fourth-order valence-corrected chi connectivity index (χ4v) is 1.37. The lowest BCUT2D eigenvalue weighted by molar-refractivity contribution is -0.130. The molecule has 1 amide bonds. The van der Waals surface area contributed by atoms with Crippen molar-refractivity contribution in [3.63, 3.8) is 0 Å². The van der Waals surface area contributed by atoms with Gasteiger partial charge in [0.15, 0.2) is 11.5 Å². The van der Waals surface area contributed by atoms with Gasteiger partial charge in [0.2, 0.25) is 5.91 Å². The van der Waals surface area contributed by atoms with Crippen molar-refractivity contribution in [2.75, 3.05) is 14.1 Å². The first-order valence-corrected chi connectivity index (χ1v) is 4.89. The number of hydrogen-bond acceptors (Lipinski definition) is 4. The van der Waals surface area contributed by atoms with Crippen molar-refractivity contribution in [2.45, 2.75) is 12.5 Å². The normalized spacial score (nSPS) is 12.2. The zero-order valence-corrected chi connectivity index (χ0v) is 9.34. The quantitative estimate of drug-likeness (QED) is 0.633. The lowest BCUT2D eigenvalue weighted by atomic mass is 10.1. The maximum Gasteiger partial charge on any atom is 0.239 e. The second-order valence-electron chi connectivity index (χ2n) is 3.87. The fourth-order valence-electron chi connectivity index (χ4n) is 1.37. The van der Waals surface area contributed by atoms with Crippen LogP contribution in [0.15, 0.2) is 18.2 Å². The Hall–Kier alpha value is -1.75. The van der Waals surface area contributed by atoms with Gasteiger partial charge in [0, 0.05) is 14.1 Å². The van der Waals surface area contributed by atoms with Gasteiger partial charge >= 0.3 is 0 Å². The second-order valence-corrected chi connectivity index (χ2v) is 3.87. The molecule has 1 aromatic carbocycles. The summed E-state index contributed by atoms with van der Waals surface area (Å²) in [7, 11) is 3.27. The molecule has 0 unspecified atom stereocenters. The average Bonchev–Trinajstić information content (AvgIpc) is 2.22. The number of rotatable bonds is 3. The van der Waals surface area contributed by atoms with E-state index in [1.165, 1.54) is 17.0 Å². The molecule has 0 bridgehead atoms. The Morgan fingerprint density at radius 1 is 1.38 bits per heavy atom. The lowest BCUT2D eigenvalue weighted by Crippen LogP contribution is -2.41. The third-order valence-corrected chi connectivity index (χ3v) is 2.25. The van der Waals surface area contributed by atoms with Gasteiger partial charge in [0.25, 0.3) is 0 Å². The number of phenols is 2. The topological polar surface area (TPSA) is 86.8 Å². The van der Waals surface area contributed by atoms with Crippen LogP contribution in [-0.2, 0) is 11.2 Å². The van der Waals surface area contributed by atoms with E-state index in [4.69, 9.17) is 10.8 Å². The molecule has 0 aliphatic carbocycles. The molecular formula is C11H16N2O3. The maximum absolute atomic E-state index is 11.5. The molecule has 4 N–H and O–H groups in total. The summed E-state index contributed by atoms with van der Waals surface area (Å²) >= 11 is 0. The van der Waals surface area contributed by atoms with Gasteiger partial charge in [0.05, 0.1) is 6.04 Å². The number of amides is 1. The molecule has 0 radical (unpaired) electrons. The molecule has 0 aliphatic rings. The number of nitrogens with zero attached hydrogens (tertiary/aromatic N) is 1. The van der Waals surface area contributed by atoms with Gasteiger partial charge in [-0.1, -0.05) is 6.07 Å². The van der Waals surface area contributed by atoms with Crippen LogP contribution in [0.1, 0.15) is 5.56 Å². The number of phenolic OH excluding ortho intramolecular Hbond substituents is 2. The van der Waals surface area contributed by atoms with E-state index in [-0.39, 0.29) is 17.4 Å². The van der Waals surface area contributed by atoms with Crippen LogP contribution in [0, 0.1) is 0 Å². The fraction of sp³-hybridized carbons (Fsp3) is 0.364. The molecule has 1 aromatic rings. The van der Waals surface area contributed by atoms with Crippen LogP contribution >= 0.6 is 0 Å². The van der Waals surface area contributed by atoms with Crippen LogP contribution in [0.25, 0.3) is 0 Å². The van der Waals surface area contributed by atoms with Gasteiger partial charge < -0.3 is 20.8 Å². The Morgan fingerprint density at radius 3 is 2.50 bits per heavy atom. The standard InChI is InChI=1S/C11H16N2O3/c1-13(2)11(16)8(12)5-7-3-4-9(14)10(15)6-7/h3-4,6,8,14-15H,5,12H2,1-2H3/t8-/m1/s1. The Balaban J connectivity index is 2.73. The summed E-state index contributed by atoms with van der Waals surface area (Å²) in [5.41, 5.74) is 6.41. The second kappa shape index (κ2) is 4.85. The summed E-state index contributed by atoms with van der Waals surface area (Å²) in [6.45, 7) is 0. The van der Waals surface area contributed by atoms with Gasteiger partial charge in [-0.15, -0.1) is 0 Å². The van der Waals surface area contributed by atoms with E-state index < -0.39 is 6.04 Å². The molecule has 1 atom stereocenters. The zero-order valence-electron chi connectivity index (χ0n) is 9.34. The average molecular weight is 224 g/mol. The van der Waals surface area contributed by atoms with Crippen LogP contribution < -0.4 is 5.73 Å². The molecule has 0 aromatic heterocycles. The highest BCUT2D eigenvalue weighted by molar-refractivity contribution is 5.81. The first kappa shape index (κ1) is 12.3. The van der Waals surface area contributed by atoms with E-state index >= 15 is 0 Å². The number of carbonyl (C=O) groups excluding carboxylic acids is 1. The molecule has 5 nitrogen and oxygen atoms in total. The predicted molar refractivity (Wildman–Crippen MR) is 60.1 cm³/mol. The third kappa shape index (κ3) is 2.87. The summed E-state index contributed by atoms with van der Waals surface area (Å²) in [6, 6.07) is 3.76. The molecule has 5 heteroatoms. The molecule has 0 fully saturated rings.